The molecule has 0 unspecified atom stereocenters. The molecule has 0 atom stereocenters. The van der Waals surface area contributed by atoms with Gasteiger partial charge in [-0.1, -0.05) is 11.3 Å². The fraction of sp³-hybridized carbons (Fsp3) is 0.333. The van der Waals surface area contributed by atoms with E-state index in [1.54, 1.807) is 0 Å². The Bertz CT molecular complexity index is 635. The van der Waals surface area contributed by atoms with Crippen LogP contribution in [0.4, 0.5) is 27.7 Å². The Morgan fingerprint density at radius 2 is 2.05 bits per heavy atom. The number of aromatic hydroxyl groups is 1. The van der Waals surface area contributed by atoms with E-state index in [4.69, 9.17) is 11.5 Å². The fourth-order valence-corrected chi connectivity index (χ4v) is 2.27. The van der Waals surface area contributed by atoms with Crippen LogP contribution in [-0.2, 0) is 0 Å². The molecule has 12 heteroatoms. The van der Waals surface area contributed by atoms with Gasteiger partial charge in [0.25, 0.3) is 5.13 Å². The maximum absolute atomic E-state index is 9.60. The van der Waals surface area contributed by atoms with Crippen LogP contribution in [-0.4, -0.2) is 44.6 Å². The topological polar surface area (TPSA) is 152 Å². The standard InChI is InChI=1S/C9H13N9OS2/c1-18(2-3-20)9-17-16-8(21-9)15-14-4-5(10)12-7(11)13-6(4)19/h20H,2-3H2,1H3,(H5,10,11,12,13,19)/b15-14+. The summed E-state index contributed by atoms with van der Waals surface area (Å²) in [5, 5.41) is 26.1. The zero-order valence-electron chi connectivity index (χ0n) is 11.0. The molecule has 2 aromatic rings. The zero-order valence-corrected chi connectivity index (χ0v) is 12.7. The number of nitrogens with zero attached hydrogens (tertiary/aromatic N) is 7. The average molecular weight is 327 g/mol. The van der Waals surface area contributed by atoms with Crippen molar-refractivity contribution in [3.8, 4) is 5.88 Å². The van der Waals surface area contributed by atoms with Crippen molar-refractivity contribution in [2.24, 2.45) is 10.2 Å². The number of anilines is 3. The summed E-state index contributed by atoms with van der Waals surface area (Å²) in [4.78, 5) is 9.12. The van der Waals surface area contributed by atoms with E-state index >= 15 is 0 Å². The van der Waals surface area contributed by atoms with Gasteiger partial charge in [0.05, 0.1) is 0 Å². The first-order valence-corrected chi connectivity index (χ1v) is 7.15. The molecule has 0 fully saturated rings. The molecule has 2 heterocycles. The third-order valence-corrected chi connectivity index (χ3v) is 3.43. The minimum atomic E-state index is -0.444. The van der Waals surface area contributed by atoms with E-state index in [0.717, 1.165) is 6.54 Å². The highest BCUT2D eigenvalue weighted by Crippen LogP contribution is 2.33. The van der Waals surface area contributed by atoms with Gasteiger partial charge in [0.15, 0.2) is 11.5 Å². The lowest BCUT2D eigenvalue weighted by Gasteiger charge is -2.11. The Balaban J connectivity index is 2.19. The van der Waals surface area contributed by atoms with Gasteiger partial charge in [-0.25, -0.2) is 0 Å². The molecule has 0 aliphatic carbocycles. The molecular formula is C9H13N9OS2. The van der Waals surface area contributed by atoms with Gasteiger partial charge < -0.3 is 21.5 Å². The Labute approximate surface area is 129 Å². The minimum Gasteiger partial charge on any atom is -0.492 e. The summed E-state index contributed by atoms with van der Waals surface area (Å²) in [7, 11) is 1.87. The molecule has 5 N–H and O–H groups in total. The van der Waals surface area contributed by atoms with Crippen molar-refractivity contribution in [2.75, 3.05) is 35.7 Å². The van der Waals surface area contributed by atoms with Crippen molar-refractivity contribution < 1.29 is 5.11 Å². The molecule has 0 amide bonds. The van der Waals surface area contributed by atoms with Gasteiger partial charge in [0.2, 0.25) is 17.0 Å². The van der Waals surface area contributed by atoms with Crippen LogP contribution in [0.2, 0.25) is 0 Å². The van der Waals surface area contributed by atoms with Gasteiger partial charge in [-0.05, 0) is 0 Å². The molecule has 0 aliphatic rings. The quantitative estimate of drug-likeness (QED) is 0.468. The lowest BCUT2D eigenvalue weighted by Crippen LogP contribution is -2.19. The van der Waals surface area contributed by atoms with E-state index in [0.29, 0.717) is 16.0 Å². The molecule has 0 spiro atoms. The van der Waals surface area contributed by atoms with Crippen LogP contribution in [0.25, 0.3) is 0 Å². The van der Waals surface area contributed by atoms with Crippen molar-refractivity contribution in [3.05, 3.63) is 0 Å². The van der Waals surface area contributed by atoms with Crippen molar-refractivity contribution >= 4 is 51.7 Å². The average Bonchev–Trinajstić information content (AvgIpc) is 2.86. The van der Waals surface area contributed by atoms with Crippen LogP contribution >= 0.6 is 24.0 Å². The van der Waals surface area contributed by atoms with Gasteiger partial charge in [-0.15, -0.1) is 20.4 Å². The lowest BCUT2D eigenvalue weighted by molar-refractivity contribution is 0.455. The Kier molecular flexibility index (Phi) is 4.70. The largest absolute Gasteiger partial charge is 0.492 e. The van der Waals surface area contributed by atoms with E-state index in [9.17, 15) is 5.11 Å². The molecular weight excluding hydrogens is 314 g/mol. The van der Waals surface area contributed by atoms with E-state index in [1.165, 1.54) is 11.3 Å². The highest BCUT2D eigenvalue weighted by Gasteiger charge is 2.11. The Morgan fingerprint density at radius 1 is 1.29 bits per heavy atom. The first-order chi connectivity index (χ1) is 10.0. The smallest absolute Gasteiger partial charge is 0.253 e. The molecule has 2 rings (SSSR count). The fourth-order valence-electron chi connectivity index (χ4n) is 1.31. The van der Waals surface area contributed by atoms with Crippen LogP contribution in [0.3, 0.4) is 0 Å². The first-order valence-electron chi connectivity index (χ1n) is 5.70. The zero-order chi connectivity index (χ0) is 15.4. The summed E-state index contributed by atoms with van der Waals surface area (Å²) in [6, 6.07) is 0. The van der Waals surface area contributed by atoms with Crippen LogP contribution in [0.1, 0.15) is 0 Å². The van der Waals surface area contributed by atoms with Gasteiger partial charge in [0.1, 0.15) is 0 Å². The predicted octanol–water partition coefficient (Wildman–Crippen LogP) is 0.979. The molecule has 0 saturated heterocycles. The summed E-state index contributed by atoms with van der Waals surface area (Å²) in [6.07, 6.45) is 0. The van der Waals surface area contributed by atoms with Crippen LogP contribution in [0, 0.1) is 0 Å². The number of rotatable bonds is 5. The van der Waals surface area contributed by atoms with Gasteiger partial charge >= 0.3 is 0 Å². The first kappa shape index (κ1) is 15.2. The number of aromatic nitrogens is 4. The van der Waals surface area contributed by atoms with E-state index in [-0.39, 0.29) is 17.5 Å². The number of azo groups is 1. The summed E-state index contributed by atoms with van der Waals surface area (Å²) in [6.45, 7) is 0.731. The third kappa shape index (κ3) is 3.66. The number of nitrogens with two attached hydrogens (primary N) is 2. The number of thiol groups is 1. The van der Waals surface area contributed by atoms with Crippen molar-refractivity contribution in [3.63, 3.8) is 0 Å². The molecule has 0 radical (unpaired) electrons. The van der Waals surface area contributed by atoms with Crippen molar-refractivity contribution in [1.82, 2.24) is 20.2 Å². The molecule has 2 aromatic heterocycles. The second-order valence-electron chi connectivity index (χ2n) is 3.85. The molecule has 112 valence electrons. The number of hydrogen-bond acceptors (Lipinski definition) is 12. The normalized spacial score (nSPS) is 11.1. The van der Waals surface area contributed by atoms with Crippen LogP contribution in [0.15, 0.2) is 10.2 Å². The van der Waals surface area contributed by atoms with Crippen LogP contribution in [0.5, 0.6) is 5.88 Å². The summed E-state index contributed by atoms with van der Waals surface area (Å²) < 4.78 is 0. The van der Waals surface area contributed by atoms with Gasteiger partial charge in [-0.3, -0.25) is 0 Å². The highest BCUT2D eigenvalue weighted by atomic mass is 32.1. The Hall–Kier alpha value is -2.21. The second-order valence-corrected chi connectivity index (χ2v) is 5.23. The predicted molar refractivity (Wildman–Crippen MR) is 83.7 cm³/mol. The molecule has 10 nitrogen and oxygen atoms in total. The highest BCUT2D eigenvalue weighted by molar-refractivity contribution is 7.80. The number of hydrogen-bond donors (Lipinski definition) is 4. The maximum Gasteiger partial charge on any atom is 0.253 e. The summed E-state index contributed by atoms with van der Waals surface area (Å²) >= 11 is 5.38. The van der Waals surface area contributed by atoms with E-state index < -0.39 is 5.88 Å². The van der Waals surface area contributed by atoms with Gasteiger partial charge in [0, 0.05) is 19.3 Å². The lowest BCUT2D eigenvalue weighted by atomic mass is 10.5. The SMILES string of the molecule is CN(CCS)c1nnc(/N=N/c2c(N)nc(N)nc2O)s1. The molecule has 0 bridgehead atoms. The Morgan fingerprint density at radius 3 is 2.71 bits per heavy atom. The monoisotopic (exact) mass is 327 g/mol. The second kappa shape index (κ2) is 6.49. The summed E-state index contributed by atoms with van der Waals surface area (Å²) in [5.74, 6) is 0.0389. The molecule has 21 heavy (non-hydrogen) atoms. The van der Waals surface area contributed by atoms with Crippen LogP contribution < -0.4 is 16.4 Å². The molecule has 0 aromatic carbocycles. The maximum atomic E-state index is 9.60. The minimum absolute atomic E-state index is 0.0651. The van der Waals surface area contributed by atoms with Crippen molar-refractivity contribution in [1.29, 1.82) is 0 Å². The van der Waals surface area contributed by atoms with E-state index in [1.807, 2.05) is 11.9 Å². The molecule has 0 saturated carbocycles. The van der Waals surface area contributed by atoms with Gasteiger partial charge in [-0.2, -0.15) is 22.6 Å². The molecule has 0 aliphatic heterocycles. The number of nitrogen functional groups attached to an aromatic ring is 2. The van der Waals surface area contributed by atoms with Crippen molar-refractivity contribution in [2.45, 2.75) is 0 Å². The van der Waals surface area contributed by atoms with E-state index in [2.05, 4.69) is 43.0 Å². The third-order valence-electron chi connectivity index (χ3n) is 2.31. The summed E-state index contributed by atoms with van der Waals surface area (Å²) in [5.41, 5.74) is 10.9.